The van der Waals surface area contributed by atoms with E-state index in [2.05, 4.69) is 9.97 Å². The van der Waals surface area contributed by atoms with Gasteiger partial charge in [-0.3, -0.25) is 0 Å². The van der Waals surface area contributed by atoms with Crippen LogP contribution in [0.3, 0.4) is 0 Å². The van der Waals surface area contributed by atoms with Crippen LogP contribution in [0, 0.1) is 0 Å². The van der Waals surface area contributed by atoms with Crippen LogP contribution < -0.4 is 5.73 Å². The fraction of sp³-hybridized carbons (Fsp3) is 0.250. The first-order valence-electron chi connectivity index (χ1n) is 3.87. The highest BCUT2D eigenvalue weighted by Crippen LogP contribution is 2.29. The molecule has 2 aromatic rings. The number of fused-ring (bicyclic) bond motifs is 1. The minimum absolute atomic E-state index is 0.104. The number of nitrogens with two attached hydrogens (primary N) is 1. The van der Waals surface area contributed by atoms with Crippen LogP contribution in [0.5, 0.6) is 0 Å². The van der Waals surface area contributed by atoms with Crippen molar-refractivity contribution in [3.8, 4) is 0 Å². The first-order valence-corrected chi connectivity index (χ1v) is 4.75. The molecule has 2 heterocycles. The summed E-state index contributed by atoms with van der Waals surface area (Å²) in [5.41, 5.74) is 5.52. The van der Waals surface area contributed by atoms with Crippen molar-refractivity contribution < 1.29 is 8.78 Å². The number of alkyl halides is 2. The fourth-order valence-electron chi connectivity index (χ4n) is 1.07. The Kier molecular flexibility index (Phi) is 1.88. The molecule has 0 unspecified atom stereocenters. The summed E-state index contributed by atoms with van der Waals surface area (Å²) >= 11 is 1.27. The Labute approximate surface area is 82.6 Å². The topological polar surface area (TPSA) is 51.8 Å². The van der Waals surface area contributed by atoms with Crippen molar-refractivity contribution >= 4 is 27.4 Å². The van der Waals surface area contributed by atoms with Crippen molar-refractivity contribution in [2.45, 2.75) is 12.8 Å². The van der Waals surface area contributed by atoms with Gasteiger partial charge in [0.2, 0.25) is 5.82 Å². The third-order valence-electron chi connectivity index (χ3n) is 1.75. The van der Waals surface area contributed by atoms with Gasteiger partial charge in [0.15, 0.2) is 0 Å². The minimum Gasteiger partial charge on any atom is -0.383 e. The Morgan fingerprint density at radius 3 is 2.79 bits per heavy atom. The average Bonchev–Trinajstić information content (AvgIpc) is 2.50. The summed E-state index contributed by atoms with van der Waals surface area (Å²) in [6.45, 7) is 0.751. The molecule has 0 amide bonds. The van der Waals surface area contributed by atoms with Gasteiger partial charge in [-0.25, -0.2) is 9.97 Å². The molecular weight excluding hydrogens is 208 g/mol. The molecule has 74 valence electrons. The van der Waals surface area contributed by atoms with Crippen LogP contribution >= 0.6 is 11.3 Å². The van der Waals surface area contributed by atoms with E-state index in [1.807, 2.05) is 0 Å². The molecule has 0 saturated heterocycles. The van der Waals surface area contributed by atoms with E-state index in [0.717, 1.165) is 6.92 Å². The van der Waals surface area contributed by atoms with E-state index in [9.17, 15) is 8.78 Å². The predicted octanol–water partition coefficient (Wildman–Crippen LogP) is 2.39. The summed E-state index contributed by atoms with van der Waals surface area (Å²) < 4.78 is 25.8. The SMILES string of the molecule is CC(F)(F)c1nc(N)c2ccsc2n1. The number of nitrogen functional groups attached to an aromatic ring is 1. The van der Waals surface area contributed by atoms with Crippen LogP contribution in [0.1, 0.15) is 12.7 Å². The largest absolute Gasteiger partial charge is 0.383 e. The highest BCUT2D eigenvalue weighted by molar-refractivity contribution is 7.16. The summed E-state index contributed by atoms with van der Waals surface area (Å²) in [4.78, 5) is 7.81. The Morgan fingerprint density at radius 1 is 1.43 bits per heavy atom. The molecule has 2 N–H and O–H groups in total. The molecule has 0 aliphatic rings. The third-order valence-corrected chi connectivity index (χ3v) is 2.55. The predicted molar refractivity (Wildman–Crippen MR) is 51.4 cm³/mol. The zero-order valence-electron chi connectivity index (χ0n) is 7.29. The van der Waals surface area contributed by atoms with Crippen molar-refractivity contribution in [3.63, 3.8) is 0 Å². The van der Waals surface area contributed by atoms with Crippen LogP contribution in [0.4, 0.5) is 14.6 Å². The van der Waals surface area contributed by atoms with Gasteiger partial charge < -0.3 is 5.73 Å². The van der Waals surface area contributed by atoms with E-state index >= 15 is 0 Å². The quantitative estimate of drug-likeness (QED) is 0.794. The van der Waals surface area contributed by atoms with Gasteiger partial charge in [-0.15, -0.1) is 11.3 Å². The summed E-state index contributed by atoms with van der Waals surface area (Å²) in [6, 6.07) is 1.72. The molecule has 2 rings (SSSR count). The van der Waals surface area contributed by atoms with Crippen LogP contribution in [-0.2, 0) is 5.92 Å². The molecule has 0 radical (unpaired) electrons. The van der Waals surface area contributed by atoms with E-state index in [1.165, 1.54) is 11.3 Å². The van der Waals surface area contributed by atoms with E-state index in [4.69, 9.17) is 5.73 Å². The average molecular weight is 215 g/mol. The maximum Gasteiger partial charge on any atom is 0.303 e. The number of halogens is 2. The maximum atomic E-state index is 12.9. The first-order chi connectivity index (χ1) is 6.48. The summed E-state index contributed by atoms with van der Waals surface area (Å²) in [6.07, 6.45) is 0. The van der Waals surface area contributed by atoms with Gasteiger partial charge in [-0.2, -0.15) is 8.78 Å². The molecule has 0 atom stereocenters. The summed E-state index contributed by atoms with van der Waals surface area (Å²) in [7, 11) is 0. The summed E-state index contributed by atoms with van der Waals surface area (Å²) in [5, 5.41) is 2.37. The lowest BCUT2D eigenvalue weighted by molar-refractivity contribution is 0.00825. The van der Waals surface area contributed by atoms with Crippen molar-refractivity contribution in [1.29, 1.82) is 0 Å². The monoisotopic (exact) mass is 215 g/mol. The normalized spacial score (nSPS) is 12.2. The van der Waals surface area contributed by atoms with Gasteiger partial charge in [-0.05, 0) is 11.4 Å². The van der Waals surface area contributed by atoms with Crippen LogP contribution in [0.25, 0.3) is 10.2 Å². The molecule has 2 aromatic heterocycles. The first kappa shape index (κ1) is 9.26. The van der Waals surface area contributed by atoms with Crippen LogP contribution in [0.2, 0.25) is 0 Å². The summed E-state index contributed by atoms with van der Waals surface area (Å²) in [5.74, 6) is -3.47. The molecule has 0 saturated carbocycles. The van der Waals surface area contributed by atoms with Crippen molar-refractivity contribution in [3.05, 3.63) is 17.3 Å². The van der Waals surface area contributed by atoms with Crippen LogP contribution in [-0.4, -0.2) is 9.97 Å². The number of hydrogen-bond acceptors (Lipinski definition) is 4. The Bertz CT molecular complexity index is 475. The smallest absolute Gasteiger partial charge is 0.303 e. The van der Waals surface area contributed by atoms with Crippen LogP contribution in [0.15, 0.2) is 11.4 Å². The van der Waals surface area contributed by atoms with E-state index < -0.39 is 11.7 Å². The minimum atomic E-state index is -3.05. The molecule has 0 aromatic carbocycles. The lowest BCUT2D eigenvalue weighted by Crippen LogP contribution is -2.13. The molecule has 0 bridgehead atoms. The molecule has 0 spiro atoms. The van der Waals surface area contributed by atoms with Crippen molar-refractivity contribution in [2.24, 2.45) is 0 Å². The third kappa shape index (κ3) is 1.41. The van der Waals surface area contributed by atoms with Crippen molar-refractivity contribution in [1.82, 2.24) is 9.97 Å². The van der Waals surface area contributed by atoms with Crippen molar-refractivity contribution in [2.75, 3.05) is 5.73 Å². The molecule has 0 aliphatic heterocycles. The highest BCUT2D eigenvalue weighted by atomic mass is 32.1. The number of hydrogen-bond donors (Lipinski definition) is 1. The Hall–Kier alpha value is -1.30. The Morgan fingerprint density at radius 2 is 2.14 bits per heavy atom. The highest BCUT2D eigenvalue weighted by Gasteiger charge is 2.29. The van der Waals surface area contributed by atoms with Gasteiger partial charge in [0, 0.05) is 6.92 Å². The number of nitrogens with zero attached hydrogens (tertiary/aromatic N) is 2. The Balaban J connectivity index is 2.70. The van der Waals surface area contributed by atoms with Gasteiger partial charge in [0.05, 0.1) is 5.39 Å². The molecule has 3 nitrogen and oxygen atoms in total. The molecule has 6 heteroatoms. The number of anilines is 1. The second-order valence-electron chi connectivity index (χ2n) is 2.96. The second-order valence-corrected chi connectivity index (χ2v) is 3.85. The second kappa shape index (κ2) is 2.84. The molecule has 0 aliphatic carbocycles. The van der Waals surface area contributed by atoms with Gasteiger partial charge in [-0.1, -0.05) is 0 Å². The standard InChI is InChI=1S/C8H7F2N3S/c1-8(9,10)7-12-5(11)4-2-3-14-6(4)13-7/h2-3H,1H3,(H2,11,12,13). The maximum absolute atomic E-state index is 12.9. The fourth-order valence-corrected chi connectivity index (χ4v) is 1.85. The van der Waals surface area contributed by atoms with E-state index in [1.54, 1.807) is 11.4 Å². The van der Waals surface area contributed by atoms with Gasteiger partial charge >= 0.3 is 5.92 Å². The lowest BCUT2D eigenvalue weighted by atomic mass is 10.3. The van der Waals surface area contributed by atoms with Gasteiger partial charge in [0.1, 0.15) is 10.6 Å². The number of rotatable bonds is 1. The molecule has 14 heavy (non-hydrogen) atoms. The number of thiophene rings is 1. The van der Waals surface area contributed by atoms with E-state index in [0.29, 0.717) is 10.2 Å². The molecular formula is C8H7F2N3S. The lowest BCUT2D eigenvalue weighted by Gasteiger charge is -2.08. The number of aromatic nitrogens is 2. The zero-order chi connectivity index (χ0) is 10.3. The zero-order valence-corrected chi connectivity index (χ0v) is 8.11. The molecule has 0 fully saturated rings. The van der Waals surface area contributed by atoms with Gasteiger partial charge in [0.25, 0.3) is 0 Å². The van der Waals surface area contributed by atoms with E-state index in [-0.39, 0.29) is 5.82 Å².